The zero-order valence-corrected chi connectivity index (χ0v) is 11.3. The topological polar surface area (TPSA) is 81.2 Å². The van der Waals surface area contributed by atoms with Crippen LogP contribution in [0.4, 0.5) is 5.69 Å². The molecule has 100 valence electrons. The molecule has 0 aliphatic heterocycles. The number of benzene rings is 1. The summed E-state index contributed by atoms with van der Waals surface area (Å²) in [6.07, 6.45) is 0.492. The van der Waals surface area contributed by atoms with Crippen molar-refractivity contribution in [2.75, 3.05) is 0 Å². The zero-order valence-electron chi connectivity index (χ0n) is 10.5. The van der Waals surface area contributed by atoms with Gasteiger partial charge in [-0.15, -0.1) is 0 Å². The van der Waals surface area contributed by atoms with Gasteiger partial charge in [-0.2, -0.15) is 5.10 Å². The predicted octanol–water partition coefficient (Wildman–Crippen LogP) is 2.75. The fourth-order valence-electron chi connectivity index (χ4n) is 1.73. The Hall–Kier alpha value is -2.02. The quantitative estimate of drug-likeness (QED) is 0.687. The van der Waals surface area contributed by atoms with E-state index in [1.807, 2.05) is 6.92 Å². The molecule has 0 saturated heterocycles. The number of hydrogen-bond acceptors (Lipinski definition) is 5. The van der Waals surface area contributed by atoms with Gasteiger partial charge in [-0.05, 0) is 18.6 Å². The molecule has 19 heavy (non-hydrogen) atoms. The van der Waals surface area contributed by atoms with Gasteiger partial charge in [0.15, 0.2) is 5.03 Å². The Bertz CT molecular complexity index is 625. The number of para-hydroxylation sites is 1. The SMILES string of the molecule is CCc1nn(C)c(Sc2ccccc2O)c1[N+](=O)[O-]. The van der Waals surface area contributed by atoms with Crippen LogP contribution in [-0.4, -0.2) is 19.8 Å². The minimum absolute atomic E-state index is 0.0123. The lowest BCUT2D eigenvalue weighted by molar-refractivity contribution is -0.388. The van der Waals surface area contributed by atoms with Crippen LogP contribution in [0.3, 0.4) is 0 Å². The Kier molecular flexibility index (Phi) is 3.75. The van der Waals surface area contributed by atoms with Crippen LogP contribution in [0.5, 0.6) is 5.75 Å². The minimum Gasteiger partial charge on any atom is -0.507 e. The molecule has 0 amide bonds. The van der Waals surface area contributed by atoms with Crippen molar-refractivity contribution >= 4 is 17.4 Å². The van der Waals surface area contributed by atoms with Gasteiger partial charge in [0.25, 0.3) is 0 Å². The highest BCUT2D eigenvalue weighted by molar-refractivity contribution is 7.99. The summed E-state index contributed by atoms with van der Waals surface area (Å²) in [4.78, 5) is 11.3. The summed E-state index contributed by atoms with van der Waals surface area (Å²) in [5, 5.41) is 25.5. The second-order valence-corrected chi connectivity index (χ2v) is 4.94. The van der Waals surface area contributed by atoms with Crippen molar-refractivity contribution in [3.63, 3.8) is 0 Å². The van der Waals surface area contributed by atoms with E-state index in [0.717, 1.165) is 11.8 Å². The first-order valence-electron chi connectivity index (χ1n) is 5.70. The summed E-state index contributed by atoms with van der Waals surface area (Å²) < 4.78 is 1.48. The predicted molar refractivity (Wildman–Crippen MR) is 71.5 cm³/mol. The van der Waals surface area contributed by atoms with E-state index in [2.05, 4.69) is 5.10 Å². The second kappa shape index (κ2) is 5.31. The van der Waals surface area contributed by atoms with Gasteiger partial charge in [-0.3, -0.25) is 14.8 Å². The first-order valence-corrected chi connectivity index (χ1v) is 6.52. The smallest absolute Gasteiger partial charge is 0.324 e. The third-order valence-electron chi connectivity index (χ3n) is 2.63. The number of nitrogens with zero attached hydrogens (tertiary/aromatic N) is 3. The Morgan fingerprint density at radius 1 is 1.47 bits per heavy atom. The standard InChI is InChI=1S/C12H13N3O3S/c1-3-8-11(15(17)18)12(14(2)13-8)19-10-7-5-4-6-9(10)16/h4-7,16H,3H2,1-2H3. The van der Waals surface area contributed by atoms with Crippen molar-refractivity contribution in [3.8, 4) is 5.75 Å². The van der Waals surface area contributed by atoms with Crippen LogP contribution in [0, 0.1) is 10.1 Å². The number of aromatic nitrogens is 2. The monoisotopic (exact) mass is 279 g/mol. The van der Waals surface area contributed by atoms with Gasteiger partial charge in [-0.1, -0.05) is 30.8 Å². The molecular formula is C12H13N3O3S. The lowest BCUT2D eigenvalue weighted by Crippen LogP contribution is -1.94. The van der Waals surface area contributed by atoms with E-state index < -0.39 is 4.92 Å². The molecule has 1 aromatic heterocycles. The second-order valence-electron chi connectivity index (χ2n) is 3.90. The van der Waals surface area contributed by atoms with Crippen LogP contribution in [-0.2, 0) is 13.5 Å². The average molecular weight is 279 g/mol. The highest BCUT2D eigenvalue weighted by Gasteiger charge is 2.26. The Morgan fingerprint density at radius 3 is 2.74 bits per heavy atom. The highest BCUT2D eigenvalue weighted by Crippen LogP contribution is 2.40. The van der Waals surface area contributed by atoms with Crippen molar-refractivity contribution in [2.24, 2.45) is 7.05 Å². The van der Waals surface area contributed by atoms with Crippen LogP contribution in [0.15, 0.2) is 34.2 Å². The van der Waals surface area contributed by atoms with Crippen molar-refractivity contribution in [2.45, 2.75) is 23.3 Å². The van der Waals surface area contributed by atoms with Gasteiger partial charge in [0.05, 0.1) is 9.82 Å². The van der Waals surface area contributed by atoms with E-state index in [-0.39, 0.29) is 11.4 Å². The maximum Gasteiger partial charge on any atom is 0.324 e. The van der Waals surface area contributed by atoms with E-state index in [1.165, 1.54) is 4.68 Å². The normalized spacial score (nSPS) is 10.6. The fourth-order valence-corrected chi connectivity index (χ4v) is 2.72. The lowest BCUT2D eigenvalue weighted by Gasteiger charge is -2.03. The van der Waals surface area contributed by atoms with E-state index in [0.29, 0.717) is 22.0 Å². The number of aryl methyl sites for hydroxylation is 2. The molecular weight excluding hydrogens is 266 g/mol. The maximum atomic E-state index is 11.2. The number of phenols is 1. The summed E-state index contributed by atoms with van der Waals surface area (Å²) in [7, 11) is 1.66. The molecule has 0 saturated carbocycles. The molecule has 0 bridgehead atoms. The van der Waals surface area contributed by atoms with E-state index in [1.54, 1.807) is 31.3 Å². The summed E-state index contributed by atoms with van der Waals surface area (Å²) in [6, 6.07) is 6.73. The number of phenolic OH excluding ortho intramolecular Hbond substituents is 1. The summed E-state index contributed by atoms with van der Waals surface area (Å²) in [5.74, 6) is 0.0982. The molecule has 0 atom stereocenters. The first-order chi connectivity index (χ1) is 9.04. The number of rotatable bonds is 4. The molecule has 6 nitrogen and oxygen atoms in total. The molecule has 1 aromatic carbocycles. The third kappa shape index (κ3) is 2.55. The molecule has 0 unspecified atom stereocenters. The van der Waals surface area contributed by atoms with Crippen molar-refractivity contribution in [3.05, 3.63) is 40.1 Å². The minimum atomic E-state index is -0.422. The number of aromatic hydroxyl groups is 1. The van der Waals surface area contributed by atoms with Gasteiger partial charge in [0, 0.05) is 7.05 Å². The average Bonchev–Trinajstić information content (AvgIpc) is 2.69. The fraction of sp³-hybridized carbons (Fsp3) is 0.250. The van der Waals surface area contributed by atoms with E-state index in [9.17, 15) is 15.2 Å². The summed E-state index contributed by atoms with van der Waals surface area (Å²) in [5.41, 5.74) is 0.462. The van der Waals surface area contributed by atoms with E-state index in [4.69, 9.17) is 0 Å². The van der Waals surface area contributed by atoms with Gasteiger partial charge in [-0.25, -0.2) is 0 Å². The van der Waals surface area contributed by atoms with Crippen LogP contribution >= 0.6 is 11.8 Å². The molecule has 1 N–H and O–H groups in total. The first kappa shape index (κ1) is 13.4. The Labute approximate surface area is 114 Å². The van der Waals surface area contributed by atoms with Gasteiger partial charge >= 0.3 is 5.69 Å². The van der Waals surface area contributed by atoms with Gasteiger partial charge in [0.2, 0.25) is 0 Å². The van der Waals surface area contributed by atoms with Crippen LogP contribution in [0.2, 0.25) is 0 Å². The molecule has 0 radical (unpaired) electrons. The van der Waals surface area contributed by atoms with Crippen LogP contribution in [0.1, 0.15) is 12.6 Å². The molecule has 2 rings (SSSR count). The van der Waals surface area contributed by atoms with Crippen LogP contribution < -0.4 is 0 Å². The molecule has 7 heteroatoms. The molecule has 0 spiro atoms. The Morgan fingerprint density at radius 2 is 2.16 bits per heavy atom. The van der Waals surface area contributed by atoms with Crippen molar-refractivity contribution in [1.82, 2.24) is 9.78 Å². The van der Waals surface area contributed by atoms with Gasteiger partial charge in [0.1, 0.15) is 11.4 Å². The number of nitro groups is 1. The van der Waals surface area contributed by atoms with E-state index >= 15 is 0 Å². The van der Waals surface area contributed by atoms with Crippen LogP contribution in [0.25, 0.3) is 0 Å². The van der Waals surface area contributed by atoms with Gasteiger partial charge < -0.3 is 5.11 Å². The molecule has 0 aliphatic carbocycles. The molecule has 2 aromatic rings. The molecule has 0 aliphatic rings. The largest absolute Gasteiger partial charge is 0.507 e. The Balaban J connectivity index is 2.48. The highest BCUT2D eigenvalue weighted by atomic mass is 32.2. The third-order valence-corrected chi connectivity index (χ3v) is 3.85. The number of hydrogen-bond donors (Lipinski definition) is 1. The summed E-state index contributed by atoms with van der Waals surface area (Å²) >= 11 is 1.14. The lowest BCUT2D eigenvalue weighted by atomic mass is 10.3. The molecule has 0 fully saturated rings. The maximum absolute atomic E-state index is 11.2. The summed E-state index contributed by atoms with van der Waals surface area (Å²) in [6.45, 7) is 1.82. The molecule has 1 heterocycles. The zero-order chi connectivity index (χ0) is 14.0. The van der Waals surface area contributed by atoms with Crippen molar-refractivity contribution < 1.29 is 10.0 Å². The van der Waals surface area contributed by atoms with Crippen molar-refractivity contribution in [1.29, 1.82) is 0 Å².